The standard InChI is InChI=1S/C27H29N5O3S/c1-5-20-9-13-23(14-10-20)36(34,35)31-27(33)28-16-15-21-7-11-22(12-8-21)32-24(6-2)30-25-18(3)17-19(4)29-26(25)32/h5,7-14,17H,1,6,15-16H2,2-4H3,(H2,28,31,33). The molecular formula is C27H29N5O3S. The molecule has 2 aromatic heterocycles. The van der Waals surface area contributed by atoms with Crippen molar-refractivity contribution in [2.75, 3.05) is 6.54 Å². The van der Waals surface area contributed by atoms with E-state index in [9.17, 15) is 13.2 Å². The van der Waals surface area contributed by atoms with Gasteiger partial charge in [-0.15, -0.1) is 0 Å². The van der Waals surface area contributed by atoms with Crippen LogP contribution in [0.25, 0.3) is 22.9 Å². The van der Waals surface area contributed by atoms with E-state index in [1.165, 1.54) is 12.1 Å². The molecule has 2 aromatic carbocycles. The molecule has 2 amide bonds. The molecule has 0 aliphatic carbocycles. The monoisotopic (exact) mass is 503 g/mol. The molecule has 0 unspecified atom stereocenters. The largest absolute Gasteiger partial charge is 0.337 e. The first-order valence-electron chi connectivity index (χ1n) is 11.7. The number of aromatic nitrogens is 3. The quantitative estimate of drug-likeness (QED) is 0.369. The van der Waals surface area contributed by atoms with Gasteiger partial charge in [-0.05, 0) is 67.3 Å². The summed E-state index contributed by atoms with van der Waals surface area (Å²) in [4.78, 5) is 21.7. The predicted octanol–water partition coefficient (Wildman–Crippen LogP) is 4.47. The van der Waals surface area contributed by atoms with Crippen molar-refractivity contribution in [3.05, 3.63) is 89.4 Å². The number of hydrogen-bond donors (Lipinski definition) is 2. The van der Waals surface area contributed by atoms with Crippen molar-refractivity contribution in [2.24, 2.45) is 0 Å². The molecule has 0 spiro atoms. The summed E-state index contributed by atoms with van der Waals surface area (Å²) in [6.07, 6.45) is 2.93. The lowest BCUT2D eigenvalue weighted by molar-refractivity contribution is 0.246. The zero-order valence-corrected chi connectivity index (χ0v) is 21.4. The third-order valence-electron chi connectivity index (χ3n) is 5.87. The lowest BCUT2D eigenvalue weighted by Gasteiger charge is -2.11. The predicted molar refractivity (Wildman–Crippen MR) is 142 cm³/mol. The van der Waals surface area contributed by atoms with Crippen molar-refractivity contribution in [1.29, 1.82) is 0 Å². The number of imidazole rings is 1. The van der Waals surface area contributed by atoms with E-state index in [2.05, 4.69) is 23.4 Å². The molecule has 0 atom stereocenters. The zero-order chi connectivity index (χ0) is 25.9. The third-order valence-corrected chi connectivity index (χ3v) is 7.21. The van der Waals surface area contributed by atoms with Crippen molar-refractivity contribution in [3.63, 3.8) is 0 Å². The number of rotatable bonds is 8. The Morgan fingerprint density at radius 2 is 1.75 bits per heavy atom. The summed E-state index contributed by atoms with van der Waals surface area (Å²) in [6, 6.07) is 15.4. The number of hydrogen-bond acceptors (Lipinski definition) is 5. The van der Waals surface area contributed by atoms with Gasteiger partial charge >= 0.3 is 6.03 Å². The van der Waals surface area contributed by atoms with Crippen molar-refractivity contribution < 1.29 is 13.2 Å². The fourth-order valence-corrected chi connectivity index (χ4v) is 4.97. The summed E-state index contributed by atoms with van der Waals surface area (Å²) in [7, 11) is -3.95. The molecule has 0 aliphatic rings. The molecule has 4 rings (SSSR count). The second-order valence-electron chi connectivity index (χ2n) is 8.52. The van der Waals surface area contributed by atoms with Gasteiger partial charge in [-0.25, -0.2) is 27.9 Å². The number of benzene rings is 2. The Morgan fingerprint density at radius 3 is 2.39 bits per heavy atom. The van der Waals surface area contributed by atoms with Crippen LogP contribution in [-0.2, 0) is 22.9 Å². The Balaban J connectivity index is 1.40. The number of carbonyl (C=O) groups excluding carboxylic acids is 1. The average molecular weight is 504 g/mol. The summed E-state index contributed by atoms with van der Waals surface area (Å²) in [5.74, 6) is 0.942. The number of amides is 2. The summed E-state index contributed by atoms with van der Waals surface area (Å²) in [5, 5.41) is 2.61. The number of urea groups is 1. The van der Waals surface area contributed by atoms with E-state index in [0.29, 0.717) is 6.42 Å². The minimum absolute atomic E-state index is 0.0113. The van der Waals surface area contributed by atoms with Crippen LogP contribution < -0.4 is 10.0 Å². The van der Waals surface area contributed by atoms with Crippen LogP contribution in [0.15, 0.2) is 66.1 Å². The molecule has 186 valence electrons. The first kappa shape index (κ1) is 25.1. The van der Waals surface area contributed by atoms with Gasteiger partial charge in [0.25, 0.3) is 10.0 Å². The molecule has 4 aromatic rings. The van der Waals surface area contributed by atoms with E-state index < -0.39 is 16.1 Å². The van der Waals surface area contributed by atoms with Gasteiger partial charge in [0.05, 0.1) is 4.90 Å². The van der Waals surface area contributed by atoms with Crippen LogP contribution in [0.2, 0.25) is 0 Å². The Morgan fingerprint density at radius 1 is 1.06 bits per heavy atom. The second-order valence-corrected chi connectivity index (χ2v) is 10.2. The molecule has 8 nitrogen and oxygen atoms in total. The third kappa shape index (κ3) is 5.31. The summed E-state index contributed by atoms with van der Waals surface area (Å²) in [6.45, 7) is 10.0. The fraction of sp³-hybridized carbons (Fsp3) is 0.222. The van der Waals surface area contributed by atoms with Crippen LogP contribution in [0.5, 0.6) is 0 Å². The lowest BCUT2D eigenvalue weighted by Crippen LogP contribution is -2.40. The second kappa shape index (κ2) is 10.3. The highest BCUT2D eigenvalue weighted by atomic mass is 32.2. The van der Waals surface area contributed by atoms with Crippen LogP contribution in [0.4, 0.5) is 4.79 Å². The number of nitrogens with zero attached hydrogens (tertiary/aromatic N) is 3. The summed E-state index contributed by atoms with van der Waals surface area (Å²) >= 11 is 0. The number of aryl methyl sites for hydroxylation is 3. The maximum Gasteiger partial charge on any atom is 0.328 e. The average Bonchev–Trinajstić information content (AvgIpc) is 3.23. The normalized spacial score (nSPS) is 11.4. The molecule has 0 aliphatic heterocycles. The van der Waals surface area contributed by atoms with Gasteiger partial charge in [0.2, 0.25) is 0 Å². The molecule has 2 heterocycles. The molecule has 2 N–H and O–H groups in total. The zero-order valence-electron chi connectivity index (χ0n) is 20.6. The van der Waals surface area contributed by atoms with Gasteiger partial charge < -0.3 is 5.32 Å². The van der Waals surface area contributed by atoms with Crippen LogP contribution in [0.3, 0.4) is 0 Å². The molecule has 0 fully saturated rings. The molecule has 9 heteroatoms. The number of sulfonamides is 1. The van der Waals surface area contributed by atoms with Crippen LogP contribution >= 0.6 is 0 Å². The number of pyridine rings is 1. The van der Waals surface area contributed by atoms with Gasteiger partial charge in [-0.1, -0.05) is 43.8 Å². The van der Waals surface area contributed by atoms with Gasteiger partial charge in [0.1, 0.15) is 11.3 Å². The number of carbonyl (C=O) groups is 1. The number of fused-ring (bicyclic) bond motifs is 1. The van der Waals surface area contributed by atoms with Crippen molar-refractivity contribution in [1.82, 2.24) is 24.6 Å². The Kier molecular flexibility index (Phi) is 7.21. The highest BCUT2D eigenvalue weighted by molar-refractivity contribution is 7.90. The van der Waals surface area contributed by atoms with E-state index in [-0.39, 0.29) is 11.4 Å². The summed E-state index contributed by atoms with van der Waals surface area (Å²) < 4.78 is 28.9. The Labute approximate surface area is 211 Å². The minimum atomic E-state index is -3.95. The topological polar surface area (TPSA) is 106 Å². The van der Waals surface area contributed by atoms with Gasteiger partial charge in [0, 0.05) is 24.3 Å². The molecule has 0 radical (unpaired) electrons. The first-order chi connectivity index (χ1) is 17.2. The summed E-state index contributed by atoms with van der Waals surface area (Å²) in [5.41, 5.74) is 6.56. The lowest BCUT2D eigenvalue weighted by atomic mass is 10.1. The Bertz CT molecular complexity index is 1520. The molecule has 0 saturated carbocycles. The SMILES string of the molecule is C=Cc1ccc(S(=O)(=O)NC(=O)NCCc2ccc(-n3c(CC)nc4c(C)cc(C)nc43)cc2)cc1. The van der Waals surface area contributed by atoms with Gasteiger partial charge in [0.15, 0.2) is 5.65 Å². The van der Waals surface area contributed by atoms with E-state index in [4.69, 9.17) is 9.97 Å². The minimum Gasteiger partial charge on any atom is -0.337 e. The Hall–Kier alpha value is -3.98. The highest BCUT2D eigenvalue weighted by Gasteiger charge is 2.17. The van der Waals surface area contributed by atoms with Crippen LogP contribution in [0, 0.1) is 13.8 Å². The molecule has 0 saturated heterocycles. The maximum absolute atomic E-state index is 12.4. The van der Waals surface area contributed by atoms with Crippen molar-refractivity contribution >= 4 is 33.3 Å². The van der Waals surface area contributed by atoms with Gasteiger partial charge in [-0.3, -0.25) is 4.57 Å². The van der Waals surface area contributed by atoms with Crippen molar-refractivity contribution in [3.8, 4) is 5.69 Å². The van der Waals surface area contributed by atoms with E-state index >= 15 is 0 Å². The molecular weight excluding hydrogens is 474 g/mol. The molecule has 36 heavy (non-hydrogen) atoms. The van der Waals surface area contributed by atoms with Crippen molar-refractivity contribution in [2.45, 2.75) is 38.5 Å². The molecule has 0 bridgehead atoms. The fourth-order valence-electron chi connectivity index (χ4n) is 4.05. The van der Waals surface area contributed by atoms with E-state index in [0.717, 1.165) is 51.5 Å². The first-order valence-corrected chi connectivity index (χ1v) is 13.2. The van der Waals surface area contributed by atoms with Gasteiger partial charge in [-0.2, -0.15) is 0 Å². The maximum atomic E-state index is 12.4. The smallest absolute Gasteiger partial charge is 0.328 e. The number of nitrogens with one attached hydrogen (secondary N) is 2. The van der Waals surface area contributed by atoms with E-state index in [1.54, 1.807) is 18.2 Å². The van der Waals surface area contributed by atoms with Crippen LogP contribution in [-0.4, -0.2) is 35.5 Å². The van der Waals surface area contributed by atoms with E-state index in [1.807, 2.05) is 48.9 Å². The highest BCUT2D eigenvalue weighted by Crippen LogP contribution is 2.24. The van der Waals surface area contributed by atoms with Crippen LogP contribution in [0.1, 0.15) is 35.1 Å².